The van der Waals surface area contributed by atoms with E-state index in [2.05, 4.69) is 138 Å². The number of aromatic nitrogens is 1. The fourth-order valence-corrected chi connectivity index (χ4v) is 6.78. The van der Waals surface area contributed by atoms with Crippen LogP contribution in [-0.2, 0) is 0 Å². The normalized spacial score (nSPS) is 15.0. The predicted molar refractivity (Wildman–Crippen MR) is 179 cm³/mol. The molecule has 1 unspecified atom stereocenters. The third-order valence-corrected chi connectivity index (χ3v) is 8.75. The molecule has 1 aliphatic heterocycles. The summed E-state index contributed by atoms with van der Waals surface area (Å²) in [5.41, 5.74) is 7.71. The molecule has 0 fully saturated rings. The summed E-state index contributed by atoms with van der Waals surface area (Å²) >= 11 is 0. The second-order valence-electron chi connectivity index (χ2n) is 11.2. The molecule has 0 saturated carbocycles. The van der Waals surface area contributed by atoms with Gasteiger partial charge in [0.15, 0.2) is 0 Å². The Morgan fingerprint density at radius 1 is 0.581 bits per heavy atom. The summed E-state index contributed by atoms with van der Waals surface area (Å²) in [6.45, 7) is 0. The van der Waals surface area contributed by atoms with Crippen LogP contribution in [0.4, 0.5) is 0 Å². The maximum atomic E-state index is 6.34. The minimum absolute atomic E-state index is 0.0544. The van der Waals surface area contributed by atoms with Crippen LogP contribution in [-0.4, -0.2) is 4.98 Å². The quantitative estimate of drug-likeness (QED) is 0.222. The molecule has 3 nitrogen and oxygen atoms in total. The first-order chi connectivity index (χ1) is 21.3. The summed E-state index contributed by atoms with van der Waals surface area (Å²) < 4.78 is 6.34. The lowest BCUT2D eigenvalue weighted by Gasteiger charge is -2.25. The number of benzene rings is 6. The Hall–Kier alpha value is -5.67. The average molecular weight is 551 g/mol. The van der Waals surface area contributed by atoms with Gasteiger partial charge in [-0.25, -0.2) is 0 Å². The highest BCUT2D eigenvalue weighted by Gasteiger charge is 2.21. The molecule has 0 saturated heterocycles. The summed E-state index contributed by atoms with van der Waals surface area (Å²) in [5.74, 6) is 0. The van der Waals surface area contributed by atoms with Crippen molar-refractivity contribution in [2.75, 3.05) is 0 Å². The van der Waals surface area contributed by atoms with E-state index in [-0.39, 0.29) is 6.04 Å². The van der Waals surface area contributed by atoms with Gasteiger partial charge in [-0.15, -0.1) is 0 Å². The molecule has 3 heteroatoms. The van der Waals surface area contributed by atoms with E-state index >= 15 is 0 Å². The highest BCUT2D eigenvalue weighted by atomic mass is 16.3. The zero-order chi connectivity index (χ0) is 28.3. The number of hydrogen-bond donors (Lipinski definition) is 1. The van der Waals surface area contributed by atoms with Gasteiger partial charge in [-0.3, -0.25) is 4.98 Å². The number of dihydropyridines is 1. The second kappa shape index (κ2) is 9.43. The summed E-state index contributed by atoms with van der Waals surface area (Å²) in [4.78, 5) is 4.35. The van der Waals surface area contributed by atoms with Crippen molar-refractivity contribution >= 4 is 60.0 Å². The van der Waals surface area contributed by atoms with Crippen molar-refractivity contribution in [3.8, 4) is 11.1 Å². The molecule has 0 amide bonds. The highest BCUT2D eigenvalue weighted by molar-refractivity contribution is 6.20. The number of fused-ring (bicyclic) bond motifs is 6. The highest BCUT2D eigenvalue weighted by Crippen LogP contribution is 2.44. The molecule has 0 radical (unpaired) electrons. The van der Waals surface area contributed by atoms with Gasteiger partial charge in [-0.1, -0.05) is 97.1 Å². The molecule has 0 bridgehead atoms. The summed E-state index contributed by atoms with van der Waals surface area (Å²) in [6.07, 6.45) is 10.3. The van der Waals surface area contributed by atoms with Crippen LogP contribution in [0, 0.1) is 0 Å². The number of nitrogens with one attached hydrogen (secondary N) is 1. The smallest absolute Gasteiger partial charge is 0.136 e. The lowest BCUT2D eigenvalue weighted by Crippen LogP contribution is -2.21. The minimum Gasteiger partial charge on any atom is -0.456 e. The van der Waals surface area contributed by atoms with Gasteiger partial charge in [0.2, 0.25) is 0 Å². The van der Waals surface area contributed by atoms with Crippen molar-refractivity contribution in [3.05, 3.63) is 157 Å². The first-order valence-corrected chi connectivity index (χ1v) is 14.7. The standard InChI is InChI=1S/C40H26N2O/c1-2-10-26-23-38-34(21-25(26)9-1)33-22-27(18-19-37(33)43-38)39-29-12-3-5-14-31(29)40(32-15-6-4-13-30(32)39)36-17-7-16-35(42-36)28-11-8-20-41-24-28/h1-24,35,42H. The van der Waals surface area contributed by atoms with Crippen molar-refractivity contribution < 1.29 is 4.42 Å². The van der Waals surface area contributed by atoms with Crippen LogP contribution in [0.5, 0.6) is 0 Å². The van der Waals surface area contributed by atoms with Gasteiger partial charge in [0.1, 0.15) is 11.2 Å². The van der Waals surface area contributed by atoms with Gasteiger partial charge in [-0.05, 0) is 85.4 Å². The lowest BCUT2D eigenvalue weighted by molar-refractivity contribution is 0.669. The van der Waals surface area contributed by atoms with E-state index in [4.69, 9.17) is 4.42 Å². The van der Waals surface area contributed by atoms with Crippen LogP contribution in [0.25, 0.3) is 71.1 Å². The summed E-state index contributed by atoms with van der Waals surface area (Å²) in [6, 6.07) is 41.3. The Bertz CT molecular complexity index is 2370. The first kappa shape index (κ1) is 24.0. The first-order valence-electron chi connectivity index (χ1n) is 14.7. The number of rotatable bonds is 3. The van der Waals surface area contributed by atoms with Gasteiger partial charge >= 0.3 is 0 Å². The molecule has 0 spiro atoms. The largest absolute Gasteiger partial charge is 0.456 e. The fraction of sp³-hybridized carbons (Fsp3) is 0.0250. The van der Waals surface area contributed by atoms with E-state index in [1.165, 1.54) is 49.0 Å². The molecule has 9 rings (SSSR count). The Kier molecular flexibility index (Phi) is 5.26. The Morgan fingerprint density at radius 2 is 1.26 bits per heavy atom. The predicted octanol–water partition coefficient (Wildman–Crippen LogP) is 10.3. The maximum Gasteiger partial charge on any atom is 0.136 e. The third-order valence-electron chi connectivity index (χ3n) is 8.75. The number of furan rings is 1. The van der Waals surface area contributed by atoms with E-state index in [1.807, 2.05) is 18.5 Å². The molecule has 6 aromatic carbocycles. The van der Waals surface area contributed by atoms with Crippen LogP contribution >= 0.6 is 0 Å². The molecule has 8 aromatic rings. The number of pyridine rings is 1. The Morgan fingerprint density at radius 3 is 1.98 bits per heavy atom. The van der Waals surface area contributed by atoms with Crippen LogP contribution < -0.4 is 5.32 Å². The molecule has 3 heterocycles. The van der Waals surface area contributed by atoms with Crippen molar-refractivity contribution in [2.45, 2.75) is 6.04 Å². The second-order valence-corrected chi connectivity index (χ2v) is 11.2. The molecule has 1 N–H and O–H groups in total. The molecule has 202 valence electrons. The van der Waals surface area contributed by atoms with Gasteiger partial charge < -0.3 is 9.73 Å². The SMILES string of the molecule is C1=CC(c2cccnc2)NC(c2c3ccccc3c(-c3ccc4oc5cc6ccccc6cc5c4c3)c3ccccc23)=C1. The molecular formula is C40H26N2O. The van der Waals surface area contributed by atoms with Crippen molar-refractivity contribution in [1.29, 1.82) is 0 Å². The molecular weight excluding hydrogens is 524 g/mol. The molecule has 43 heavy (non-hydrogen) atoms. The minimum atomic E-state index is 0.0544. The average Bonchev–Trinajstić information content (AvgIpc) is 3.43. The Balaban J connectivity index is 1.28. The van der Waals surface area contributed by atoms with Crippen LogP contribution in [0.3, 0.4) is 0 Å². The lowest BCUT2D eigenvalue weighted by atomic mass is 9.86. The van der Waals surface area contributed by atoms with E-state index in [0.717, 1.165) is 33.2 Å². The molecule has 1 atom stereocenters. The molecule has 1 aliphatic rings. The third kappa shape index (κ3) is 3.79. The van der Waals surface area contributed by atoms with Crippen molar-refractivity contribution in [1.82, 2.24) is 10.3 Å². The van der Waals surface area contributed by atoms with E-state index in [1.54, 1.807) is 0 Å². The summed E-state index contributed by atoms with van der Waals surface area (Å²) in [7, 11) is 0. The van der Waals surface area contributed by atoms with Crippen LogP contribution in [0.15, 0.2) is 150 Å². The topological polar surface area (TPSA) is 38.1 Å². The van der Waals surface area contributed by atoms with E-state index < -0.39 is 0 Å². The number of hydrogen-bond acceptors (Lipinski definition) is 3. The van der Waals surface area contributed by atoms with Gasteiger partial charge in [0.05, 0.1) is 6.04 Å². The van der Waals surface area contributed by atoms with Crippen molar-refractivity contribution in [3.63, 3.8) is 0 Å². The summed E-state index contributed by atoms with van der Waals surface area (Å²) in [5, 5.41) is 13.4. The van der Waals surface area contributed by atoms with E-state index in [9.17, 15) is 0 Å². The van der Waals surface area contributed by atoms with Gasteiger partial charge in [0.25, 0.3) is 0 Å². The zero-order valence-electron chi connectivity index (χ0n) is 23.3. The number of nitrogens with zero attached hydrogens (tertiary/aromatic N) is 1. The fourth-order valence-electron chi connectivity index (χ4n) is 6.78. The zero-order valence-corrected chi connectivity index (χ0v) is 23.3. The monoisotopic (exact) mass is 550 g/mol. The van der Waals surface area contributed by atoms with Gasteiger partial charge in [0, 0.05) is 34.4 Å². The molecule has 2 aromatic heterocycles. The van der Waals surface area contributed by atoms with Crippen LogP contribution in [0.2, 0.25) is 0 Å². The van der Waals surface area contributed by atoms with Crippen molar-refractivity contribution in [2.24, 2.45) is 0 Å². The molecule has 0 aliphatic carbocycles. The van der Waals surface area contributed by atoms with Crippen LogP contribution in [0.1, 0.15) is 17.2 Å². The van der Waals surface area contributed by atoms with E-state index in [0.29, 0.717) is 0 Å². The Labute approximate surface area is 248 Å². The maximum absolute atomic E-state index is 6.34. The van der Waals surface area contributed by atoms with Gasteiger partial charge in [-0.2, -0.15) is 0 Å². The number of allylic oxidation sites excluding steroid dienone is 2.